The van der Waals surface area contributed by atoms with Gasteiger partial charge in [0, 0.05) is 19.0 Å². The number of amides is 1. The van der Waals surface area contributed by atoms with Gasteiger partial charge in [0.05, 0.1) is 26.2 Å². The van der Waals surface area contributed by atoms with E-state index in [4.69, 9.17) is 0 Å². The summed E-state index contributed by atoms with van der Waals surface area (Å²) in [6.07, 6.45) is 4.85. The molecule has 0 aromatic heterocycles. The highest BCUT2D eigenvalue weighted by Crippen LogP contribution is 2.15. The average Bonchev–Trinajstić information content (AvgIpc) is 2.43. The predicted molar refractivity (Wildman–Crippen MR) is 78.2 cm³/mol. The van der Waals surface area contributed by atoms with Crippen molar-refractivity contribution in [1.29, 1.82) is 0 Å². The van der Waals surface area contributed by atoms with Gasteiger partial charge >= 0.3 is 0 Å². The van der Waals surface area contributed by atoms with Gasteiger partial charge in [-0.25, -0.2) is 0 Å². The monoisotopic (exact) mass is 271 g/mol. The summed E-state index contributed by atoms with van der Waals surface area (Å²) in [5.41, 5.74) is 0. The molecule has 0 radical (unpaired) electrons. The summed E-state index contributed by atoms with van der Waals surface area (Å²) in [7, 11) is 0. The first-order chi connectivity index (χ1) is 9.19. The molecule has 1 atom stereocenters. The molecule has 0 saturated carbocycles. The molecule has 0 aromatic rings. The first kappa shape index (κ1) is 16.4. The molecular formula is C15H33N3O+2. The van der Waals surface area contributed by atoms with Crippen LogP contribution in [-0.4, -0.2) is 56.1 Å². The van der Waals surface area contributed by atoms with Gasteiger partial charge in [-0.1, -0.05) is 0 Å². The van der Waals surface area contributed by atoms with Crippen LogP contribution in [0.15, 0.2) is 0 Å². The lowest BCUT2D eigenvalue weighted by molar-refractivity contribution is -0.898. The quantitative estimate of drug-likeness (QED) is 0.561. The number of carbonyl (C=O) groups is 1. The highest BCUT2D eigenvalue weighted by atomic mass is 16.2. The molecule has 3 N–H and O–H groups in total. The zero-order valence-electron chi connectivity index (χ0n) is 13.1. The molecule has 0 aliphatic carbocycles. The van der Waals surface area contributed by atoms with Gasteiger partial charge in [-0.15, -0.1) is 0 Å². The number of hydrogen-bond donors (Lipinski definition) is 2. The summed E-state index contributed by atoms with van der Waals surface area (Å²) in [5, 5.41) is 2.19. The Bertz CT molecular complexity index is 254. The van der Waals surface area contributed by atoms with Crippen LogP contribution in [0.2, 0.25) is 0 Å². The van der Waals surface area contributed by atoms with E-state index in [1.165, 1.54) is 45.3 Å². The van der Waals surface area contributed by atoms with E-state index in [2.05, 4.69) is 31.0 Å². The summed E-state index contributed by atoms with van der Waals surface area (Å²) >= 11 is 0. The number of nitrogens with zero attached hydrogens (tertiary/aromatic N) is 1. The number of carbonyl (C=O) groups excluding carboxylic acids is 1. The topological polar surface area (TPSA) is 41.4 Å². The molecule has 1 heterocycles. The average molecular weight is 271 g/mol. The van der Waals surface area contributed by atoms with Crippen molar-refractivity contribution in [2.45, 2.75) is 52.5 Å². The minimum absolute atomic E-state index is 0.336. The molecule has 4 nitrogen and oxygen atoms in total. The molecule has 1 fully saturated rings. The fraction of sp³-hybridized carbons (Fsp3) is 0.933. The lowest BCUT2D eigenvalue weighted by atomic mass is 10.0. The van der Waals surface area contributed by atoms with Crippen molar-refractivity contribution in [3.05, 3.63) is 0 Å². The van der Waals surface area contributed by atoms with Gasteiger partial charge in [-0.05, 0) is 40.0 Å². The zero-order valence-corrected chi connectivity index (χ0v) is 13.1. The highest BCUT2D eigenvalue weighted by Gasteiger charge is 2.23. The standard InChI is InChI=1S/C15H31N3O/c1-4-17(5-2)11-8-10-16-13-15(19)18-12-7-6-9-14(18)3/h14,16H,4-13H2,1-3H3/p+2/t14-/m0/s1. The number of nitrogens with one attached hydrogen (secondary N) is 1. The molecule has 1 rings (SSSR count). The van der Waals surface area contributed by atoms with Crippen molar-refractivity contribution in [2.75, 3.05) is 39.3 Å². The Morgan fingerprint density at radius 3 is 2.68 bits per heavy atom. The minimum Gasteiger partial charge on any atom is -0.338 e. The smallest absolute Gasteiger partial charge is 0.277 e. The van der Waals surface area contributed by atoms with Gasteiger partial charge in [0.1, 0.15) is 0 Å². The number of likely N-dealkylation sites (tertiary alicyclic amines) is 1. The van der Waals surface area contributed by atoms with Crippen molar-refractivity contribution < 1.29 is 15.0 Å². The fourth-order valence-corrected chi connectivity index (χ4v) is 2.91. The van der Waals surface area contributed by atoms with E-state index in [0.29, 0.717) is 18.5 Å². The van der Waals surface area contributed by atoms with E-state index in [-0.39, 0.29) is 0 Å². The van der Waals surface area contributed by atoms with E-state index in [1.54, 1.807) is 4.90 Å². The van der Waals surface area contributed by atoms with Crippen molar-refractivity contribution in [1.82, 2.24) is 4.90 Å². The van der Waals surface area contributed by atoms with E-state index in [9.17, 15) is 4.79 Å². The maximum Gasteiger partial charge on any atom is 0.277 e. The molecule has 1 aliphatic heterocycles. The highest BCUT2D eigenvalue weighted by molar-refractivity contribution is 5.77. The SMILES string of the molecule is CC[NH+](CC)CCC[NH2+]CC(=O)N1CCCC[C@@H]1C. The second-order valence-electron chi connectivity index (χ2n) is 5.77. The van der Waals surface area contributed by atoms with Crippen LogP contribution in [0.1, 0.15) is 46.5 Å². The van der Waals surface area contributed by atoms with Crippen LogP contribution in [0, 0.1) is 0 Å². The van der Waals surface area contributed by atoms with Crippen LogP contribution in [0.5, 0.6) is 0 Å². The largest absolute Gasteiger partial charge is 0.338 e. The molecule has 0 unspecified atom stereocenters. The third kappa shape index (κ3) is 5.91. The molecule has 1 saturated heterocycles. The summed E-state index contributed by atoms with van der Waals surface area (Å²) in [5.74, 6) is 0.336. The van der Waals surface area contributed by atoms with Gasteiger partial charge < -0.3 is 15.1 Å². The number of hydrogen-bond acceptors (Lipinski definition) is 1. The van der Waals surface area contributed by atoms with Gasteiger partial charge in [-0.2, -0.15) is 0 Å². The van der Waals surface area contributed by atoms with Gasteiger partial charge in [0.15, 0.2) is 6.54 Å². The molecule has 19 heavy (non-hydrogen) atoms. The Morgan fingerprint density at radius 1 is 1.32 bits per heavy atom. The van der Waals surface area contributed by atoms with E-state index < -0.39 is 0 Å². The molecule has 0 bridgehead atoms. The third-order valence-electron chi connectivity index (χ3n) is 4.38. The van der Waals surface area contributed by atoms with Crippen LogP contribution in [0.3, 0.4) is 0 Å². The Labute approximate surface area is 118 Å². The Hall–Kier alpha value is -0.610. The van der Waals surface area contributed by atoms with E-state index >= 15 is 0 Å². The van der Waals surface area contributed by atoms with Crippen LogP contribution < -0.4 is 10.2 Å². The molecule has 4 heteroatoms. The second kappa shape index (κ2) is 9.32. The molecule has 1 aliphatic rings. The molecular weight excluding hydrogens is 238 g/mol. The summed E-state index contributed by atoms with van der Waals surface area (Å²) in [6.45, 7) is 13.0. The fourth-order valence-electron chi connectivity index (χ4n) is 2.91. The Balaban J connectivity index is 2.10. The molecule has 112 valence electrons. The number of nitrogens with two attached hydrogens (primary N) is 1. The molecule has 0 aromatic carbocycles. The number of rotatable bonds is 8. The van der Waals surface area contributed by atoms with Crippen LogP contribution in [0.25, 0.3) is 0 Å². The van der Waals surface area contributed by atoms with Crippen molar-refractivity contribution in [3.8, 4) is 0 Å². The summed E-state index contributed by atoms with van der Waals surface area (Å²) in [4.78, 5) is 15.8. The Morgan fingerprint density at radius 2 is 2.05 bits per heavy atom. The lowest BCUT2D eigenvalue weighted by Gasteiger charge is -2.32. The van der Waals surface area contributed by atoms with Crippen molar-refractivity contribution >= 4 is 5.91 Å². The van der Waals surface area contributed by atoms with Crippen LogP contribution >= 0.6 is 0 Å². The maximum absolute atomic E-state index is 12.1. The third-order valence-corrected chi connectivity index (χ3v) is 4.38. The van der Waals surface area contributed by atoms with Crippen molar-refractivity contribution in [2.24, 2.45) is 0 Å². The van der Waals surface area contributed by atoms with E-state index in [0.717, 1.165) is 13.1 Å². The molecule has 1 amide bonds. The predicted octanol–water partition coefficient (Wildman–Crippen LogP) is -0.734. The minimum atomic E-state index is 0.336. The van der Waals surface area contributed by atoms with Crippen molar-refractivity contribution in [3.63, 3.8) is 0 Å². The molecule has 0 spiro atoms. The Kier molecular flexibility index (Phi) is 8.07. The second-order valence-corrected chi connectivity index (χ2v) is 5.77. The van der Waals surface area contributed by atoms with Gasteiger partial charge in [-0.3, -0.25) is 4.79 Å². The van der Waals surface area contributed by atoms with Crippen LogP contribution in [-0.2, 0) is 4.79 Å². The normalized spacial score (nSPS) is 20.0. The number of quaternary nitrogens is 2. The zero-order chi connectivity index (χ0) is 14.1. The first-order valence-corrected chi connectivity index (χ1v) is 8.13. The summed E-state index contributed by atoms with van der Waals surface area (Å²) < 4.78 is 0. The first-order valence-electron chi connectivity index (χ1n) is 8.13. The summed E-state index contributed by atoms with van der Waals surface area (Å²) in [6, 6.07) is 0.453. The number of piperidine rings is 1. The van der Waals surface area contributed by atoms with Crippen LogP contribution in [0.4, 0.5) is 0 Å². The maximum atomic E-state index is 12.1. The lowest BCUT2D eigenvalue weighted by Crippen LogP contribution is -3.11. The van der Waals surface area contributed by atoms with Gasteiger partial charge in [0.25, 0.3) is 5.91 Å². The van der Waals surface area contributed by atoms with Gasteiger partial charge in [0.2, 0.25) is 0 Å². The van der Waals surface area contributed by atoms with E-state index in [1.807, 2.05) is 0 Å².